The van der Waals surface area contributed by atoms with Crippen LogP contribution >= 0.6 is 0 Å². The van der Waals surface area contributed by atoms with Crippen molar-refractivity contribution in [2.24, 2.45) is 5.41 Å². The number of carboxylic acids is 1. The Kier molecular flexibility index (Phi) is 7.20. The van der Waals surface area contributed by atoms with Gasteiger partial charge in [-0.05, 0) is 60.4 Å². The number of aryl methyl sites for hydroxylation is 1. The van der Waals surface area contributed by atoms with Crippen LogP contribution in [0, 0.1) is 12.3 Å². The quantitative estimate of drug-likeness (QED) is 0.441. The average Bonchev–Trinajstić information content (AvgIpc) is 3.27. The highest BCUT2D eigenvalue weighted by Crippen LogP contribution is 2.41. The van der Waals surface area contributed by atoms with Crippen molar-refractivity contribution in [1.82, 2.24) is 4.72 Å². The van der Waals surface area contributed by atoms with Crippen molar-refractivity contribution in [1.29, 1.82) is 0 Å². The minimum atomic E-state index is -3.71. The highest BCUT2D eigenvalue weighted by Gasteiger charge is 2.35. The molecule has 1 aliphatic rings. The van der Waals surface area contributed by atoms with Crippen molar-refractivity contribution in [3.63, 3.8) is 0 Å². The van der Waals surface area contributed by atoms with Gasteiger partial charge in [0, 0.05) is 37.1 Å². The molecule has 1 aliphatic carbocycles. The Balaban J connectivity index is 1.58. The lowest BCUT2D eigenvalue weighted by atomic mass is 9.79. The first kappa shape index (κ1) is 25.2. The second-order valence-electron chi connectivity index (χ2n) is 10.1. The van der Waals surface area contributed by atoms with Gasteiger partial charge in [-0.25, -0.2) is 13.1 Å². The Labute approximate surface area is 208 Å². The number of fused-ring (bicyclic) bond motifs is 1. The monoisotopic (exact) mass is 494 g/mol. The Morgan fingerprint density at radius 3 is 2.37 bits per heavy atom. The zero-order chi connectivity index (χ0) is 25.2. The molecule has 6 nitrogen and oxygen atoms in total. The fraction of sp³-hybridized carbons (Fsp3) is 0.393. The minimum Gasteiger partial charge on any atom is -0.481 e. The van der Waals surface area contributed by atoms with Gasteiger partial charge in [0.15, 0.2) is 0 Å². The fourth-order valence-corrected chi connectivity index (χ4v) is 6.79. The van der Waals surface area contributed by atoms with Gasteiger partial charge in [-0.3, -0.25) is 4.79 Å². The number of carboxylic acid groups (broad SMARTS) is 1. The fourth-order valence-electron chi connectivity index (χ4n) is 5.42. The van der Waals surface area contributed by atoms with E-state index in [0.717, 1.165) is 65.3 Å². The molecule has 1 saturated carbocycles. The Morgan fingerprint density at radius 1 is 1.03 bits per heavy atom. The van der Waals surface area contributed by atoms with Gasteiger partial charge in [-0.2, -0.15) is 0 Å². The number of hydrogen-bond acceptors (Lipinski definition) is 4. The number of sulfonamides is 1. The van der Waals surface area contributed by atoms with Crippen molar-refractivity contribution >= 4 is 32.5 Å². The highest BCUT2D eigenvalue weighted by atomic mass is 32.2. The second kappa shape index (κ2) is 9.99. The number of rotatable bonds is 9. The van der Waals surface area contributed by atoms with Gasteiger partial charge in [0.05, 0.1) is 11.3 Å². The van der Waals surface area contributed by atoms with E-state index in [-0.39, 0.29) is 11.8 Å². The molecule has 0 saturated heterocycles. The molecule has 7 heteroatoms. The summed E-state index contributed by atoms with van der Waals surface area (Å²) in [4.78, 5) is 13.4. The van der Waals surface area contributed by atoms with Crippen molar-refractivity contribution < 1.29 is 18.3 Å². The van der Waals surface area contributed by atoms with E-state index in [4.69, 9.17) is 5.11 Å². The van der Waals surface area contributed by atoms with Gasteiger partial charge < -0.3 is 10.0 Å². The Hall–Kier alpha value is -2.90. The van der Waals surface area contributed by atoms with Crippen molar-refractivity contribution in [3.8, 4) is 0 Å². The molecule has 0 aromatic heterocycles. The van der Waals surface area contributed by atoms with Crippen LogP contribution in [0.1, 0.15) is 42.4 Å². The van der Waals surface area contributed by atoms with Crippen LogP contribution in [0.4, 0.5) is 5.69 Å². The first-order chi connectivity index (χ1) is 16.6. The molecule has 3 aromatic carbocycles. The number of hydrogen-bond donors (Lipinski definition) is 2. The van der Waals surface area contributed by atoms with Crippen LogP contribution < -0.4 is 9.62 Å². The predicted molar refractivity (Wildman–Crippen MR) is 141 cm³/mol. The summed E-state index contributed by atoms with van der Waals surface area (Å²) in [5.74, 6) is -0.839. The molecule has 0 unspecified atom stereocenters. The number of benzene rings is 3. The third-order valence-corrected chi connectivity index (χ3v) is 8.72. The molecule has 186 valence electrons. The van der Waals surface area contributed by atoms with E-state index < -0.39 is 16.0 Å². The molecule has 0 aliphatic heterocycles. The molecule has 35 heavy (non-hydrogen) atoms. The van der Waals surface area contributed by atoms with Crippen molar-refractivity contribution in [2.45, 2.75) is 50.3 Å². The summed E-state index contributed by atoms with van der Waals surface area (Å²) in [6, 6.07) is 17.1. The lowest BCUT2D eigenvalue weighted by Gasteiger charge is -2.30. The molecule has 4 rings (SSSR count). The standard InChI is InChI=1S/C28H34N2O4S/c1-20-16-21(12-13-22(20)17-27(31)32)18-28(14-4-5-15-28)19-29-35(33,34)26-11-7-8-23-24(26)9-6-10-25(23)30(2)3/h6-13,16,29H,4-5,14-15,17-19H2,1-3H3,(H,31,32). The second-order valence-corrected chi connectivity index (χ2v) is 11.8. The number of carbonyl (C=O) groups is 1. The van der Waals surface area contributed by atoms with Gasteiger partial charge in [0.1, 0.15) is 0 Å². The third kappa shape index (κ3) is 5.52. The zero-order valence-corrected chi connectivity index (χ0v) is 21.5. The van der Waals surface area contributed by atoms with Gasteiger partial charge in [-0.1, -0.05) is 55.3 Å². The summed E-state index contributed by atoms with van der Waals surface area (Å²) in [7, 11) is 0.195. The van der Waals surface area contributed by atoms with Gasteiger partial charge >= 0.3 is 5.97 Å². The normalized spacial score (nSPS) is 15.4. The van der Waals surface area contributed by atoms with Gasteiger partial charge in [0.25, 0.3) is 0 Å². The Morgan fingerprint density at radius 2 is 1.71 bits per heavy atom. The maximum absolute atomic E-state index is 13.5. The molecule has 0 bridgehead atoms. The smallest absolute Gasteiger partial charge is 0.307 e. The van der Waals surface area contributed by atoms with E-state index in [1.807, 2.05) is 62.3 Å². The van der Waals surface area contributed by atoms with E-state index in [9.17, 15) is 13.2 Å². The maximum atomic E-state index is 13.5. The Bertz CT molecular complexity index is 1340. The van der Waals surface area contributed by atoms with Crippen LogP contribution in [0.25, 0.3) is 10.8 Å². The van der Waals surface area contributed by atoms with E-state index in [1.54, 1.807) is 12.1 Å². The third-order valence-electron chi connectivity index (χ3n) is 7.26. The molecule has 3 aromatic rings. The largest absolute Gasteiger partial charge is 0.481 e. The molecular weight excluding hydrogens is 460 g/mol. The molecule has 1 fully saturated rings. The van der Waals surface area contributed by atoms with Gasteiger partial charge in [0.2, 0.25) is 10.0 Å². The van der Waals surface area contributed by atoms with E-state index >= 15 is 0 Å². The molecule has 0 atom stereocenters. The first-order valence-corrected chi connectivity index (χ1v) is 13.6. The summed E-state index contributed by atoms with van der Waals surface area (Å²) in [6.07, 6.45) is 4.87. The van der Waals surface area contributed by atoms with Crippen LogP contribution in [0.5, 0.6) is 0 Å². The van der Waals surface area contributed by atoms with Crippen molar-refractivity contribution in [2.75, 3.05) is 25.5 Å². The van der Waals surface area contributed by atoms with Gasteiger partial charge in [-0.15, -0.1) is 0 Å². The lowest BCUT2D eigenvalue weighted by molar-refractivity contribution is -0.136. The van der Waals surface area contributed by atoms with E-state index in [1.165, 1.54) is 0 Å². The van der Waals surface area contributed by atoms with Crippen LogP contribution in [0.15, 0.2) is 59.5 Å². The minimum absolute atomic E-state index is 0.0115. The summed E-state index contributed by atoms with van der Waals surface area (Å²) >= 11 is 0. The summed E-state index contributed by atoms with van der Waals surface area (Å²) < 4.78 is 30.0. The molecular formula is C28H34N2O4S. The molecule has 2 N–H and O–H groups in total. The SMILES string of the molecule is Cc1cc(CC2(CNS(=O)(=O)c3cccc4c(N(C)C)cccc34)CCCC2)ccc1CC(=O)O. The van der Waals surface area contributed by atoms with Crippen LogP contribution in [-0.4, -0.2) is 40.1 Å². The molecule has 0 amide bonds. The van der Waals surface area contributed by atoms with Crippen LogP contribution in [0.3, 0.4) is 0 Å². The zero-order valence-electron chi connectivity index (χ0n) is 20.7. The summed E-state index contributed by atoms with van der Waals surface area (Å²) in [5, 5.41) is 10.7. The number of aliphatic carboxylic acids is 1. The molecule has 0 spiro atoms. The number of anilines is 1. The predicted octanol–water partition coefficient (Wildman–Crippen LogP) is 4.92. The average molecular weight is 495 g/mol. The van der Waals surface area contributed by atoms with Crippen molar-refractivity contribution in [3.05, 3.63) is 71.3 Å². The number of nitrogens with zero attached hydrogens (tertiary/aromatic N) is 1. The molecule has 0 heterocycles. The van der Waals surface area contributed by atoms with E-state index in [2.05, 4.69) is 10.8 Å². The maximum Gasteiger partial charge on any atom is 0.307 e. The topological polar surface area (TPSA) is 86.7 Å². The first-order valence-electron chi connectivity index (χ1n) is 12.1. The van der Waals surface area contributed by atoms with Crippen LogP contribution in [-0.2, 0) is 27.7 Å². The van der Waals surface area contributed by atoms with E-state index in [0.29, 0.717) is 11.4 Å². The summed E-state index contributed by atoms with van der Waals surface area (Å²) in [5.41, 5.74) is 3.74. The van der Waals surface area contributed by atoms with Crippen LogP contribution in [0.2, 0.25) is 0 Å². The molecule has 0 radical (unpaired) electrons. The number of nitrogens with one attached hydrogen (secondary N) is 1. The summed E-state index contributed by atoms with van der Waals surface area (Å²) in [6.45, 7) is 2.32. The lowest BCUT2D eigenvalue weighted by Crippen LogP contribution is -2.37. The highest BCUT2D eigenvalue weighted by molar-refractivity contribution is 7.89.